The van der Waals surface area contributed by atoms with Gasteiger partial charge >= 0.3 is 0 Å². The molecule has 2 saturated heterocycles. The van der Waals surface area contributed by atoms with Crippen molar-refractivity contribution in [3.05, 3.63) is 88.9 Å². The van der Waals surface area contributed by atoms with Gasteiger partial charge in [0.1, 0.15) is 22.8 Å². The summed E-state index contributed by atoms with van der Waals surface area (Å²) in [5.41, 5.74) is 5.80. The Labute approximate surface area is 358 Å². The number of pyridine rings is 1. The average molecular weight is 836 g/mol. The third-order valence-corrected chi connectivity index (χ3v) is 12.8. The Bertz CT molecular complexity index is 2160. The number of likely N-dealkylation sites (tertiary alicyclic amines) is 1. The highest BCUT2D eigenvalue weighted by Gasteiger charge is 2.41. The van der Waals surface area contributed by atoms with Gasteiger partial charge in [-0.3, -0.25) is 19.3 Å². The molecular weight excluding hydrogens is 775 g/mol. The molecule has 326 valence electrons. The number of morpholine rings is 1. The molecule has 14 heteroatoms. The summed E-state index contributed by atoms with van der Waals surface area (Å²) >= 11 is 0. The molecule has 0 unspecified atom stereocenters. The Balaban J connectivity index is 0.747. The number of aryl methyl sites for hydroxylation is 1. The second-order valence-corrected chi connectivity index (χ2v) is 17.2. The summed E-state index contributed by atoms with van der Waals surface area (Å²) < 4.78 is 20.0. The Kier molecular flexibility index (Phi) is 13.8. The number of benzene rings is 2. The van der Waals surface area contributed by atoms with E-state index in [1.807, 2.05) is 46.8 Å². The van der Waals surface area contributed by atoms with E-state index in [0.29, 0.717) is 82.5 Å². The van der Waals surface area contributed by atoms with Crippen LogP contribution in [0, 0.1) is 6.92 Å². The fraction of sp³-hybridized carbons (Fsp3) is 0.532. The number of nitrogens with zero attached hydrogens (tertiary/aromatic N) is 5. The number of imidazole rings is 1. The molecule has 4 aromatic rings. The van der Waals surface area contributed by atoms with Crippen LogP contribution in [0.25, 0.3) is 5.65 Å². The lowest BCUT2D eigenvalue weighted by Gasteiger charge is -2.47. The Morgan fingerprint density at radius 1 is 1.00 bits per heavy atom. The Morgan fingerprint density at radius 3 is 2.69 bits per heavy atom. The number of phenols is 1. The maximum atomic E-state index is 13.6. The van der Waals surface area contributed by atoms with Gasteiger partial charge in [0.25, 0.3) is 11.8 Å². The van der Waals surface area contributed by atoms with Crippen LogP contribution in [0.2, 0.25) is 0 Å². The number of piperidine rings is 1. The van der Waals surface area contributed by atoms with Gasteiger partial charge < -0.3 is 44.2 Å². The summed E-state index contributed by atoms with van der Waals surface area (Å²) in [7, 11) is 0. The normalized spacial score (nSPS) is 18.2. The second kappa shape index (κ2) is 19.8. The standard InChI is InChI=1S/C47H61N7O7/c1-34-10-13-41-49-39(31-53(41)29-34)46(58)52-24-27-61-47(33-52)17-21-51(22-18-47)30-36-7-5-6-35(28-36)15-25-59-26-16-43(57)54(38-8-3-2-4-9-38)23-20-48-19-14-37-11-12-40(55)44-45(37)60-32-42(56)50-44/h5-7,10-13,28-29,31,38,48,55H,2-4,8-9,14-27,30,32-33H2,1H3,(H,50,56). The van der Waals surface area contributed by atoms with Crippen LogP contribution in [-0.2, 0) is 38.4 Å². The largest absolute Gasteiger partial charge is 0.506 e. The van der Waals surface area contributed by atoms with Gasteiger partial charge in [-0.15, -0.1) is 0 Å². The van der Waals surface area contributed by atoms with Gasteiger partial charge in [-0.25, -0.2) is 4.98 Å². The van der Waals surface area contributed by atoms with Crippen molar-refractivity contribution in [2.24, 2.45) is 0 Å². The van der Waals surface area contributed by atoms with Crippen molar-refractivity contribution in [2.45, 2.75) is 89.3 Å². The number of carbonyl (C=O) groups excluding carboxylic acids is 3. The zero-order chi connectivity index (χ0) is 42.2. The minimum atomic E-state index is -0.320. The molecule has 3 amide bonds. The second-order valence-electron chi connectivity index (χ2n) is 17.2. The summed E-state index contributed by atoms with van der Waals surface area (Å²) in [6.07, 6.45) is 13.0. The lowest BCUT2D eigenvalue weighted by atomic mass is 9.89. The van der Waals surface area contributed by atoms with Crippen LogP contribution in [0.5, 0.6) is 11.5 Å². The molecule has 5 heterocycles. The molecule has 0 atom stereocenters. The number of anilines is 1. The van der Waals surface area contributed by atoms with Crippen molar-refractivity contribution in [1.82, 2.24) is 29.4 Å². The van der Waals surface area contributed by atoms with E-state index in [4.69, 9.17) is 14.2 Å². The molecule has 3 aliphatic heterocycles. The SMILES string of the molecule is Cc1ccc2nc(C(=O)N3CCOC4(CCN(Cc5cccc(CCOCCC(=O)N(CCNCCc6ccc(O)c7c6OCC(=O)N7)C6CCCCC6)c5)CC4)C3)cn2c1. The minimum absolute atomic E-state index is 0.00550. The third kappa shape index (κ3) is 10.7. The van der Waals surface area contributed by atoms with Crippen LogP contribution in [-0.4, -0.2) is 131 Å². The Morgan fingerprint density at radius 2 is 1.84 bits per heavy atom. The third-order valence-electron chi connectivity index (χ3n) is 12.8. The molecule has 3 fully saturated rings. The molecule has 61 heavy (non-hydrogen) atoms. The van der Waals surface area contributed by atoms with Crippen molar-refractivity contribution < 1.29 is 33.7 Å². The number of rotatable bonds is 16. The van der Waals surface area contributed by atoms with E-state index >= 15 is 0 Å². The summed E-state index contributed by atoms with van der Waals surface area (Å²) in [5.74, 6) is 0.356. The van der Waals surface area contributed by atoms with E-state index < -0.39 is 0 Å². The van der Waals surface area contributed by atoms with E-state index in [1.165, 1.54) is 17.5 Å². The summed E-state index contributed by atoms with van der Waals surface area (Å²) in [5, 5.41) is 16.3. The molecule has 0 bridgehead atoms. The van der Waals surface area contributed by atoms with Gasteiger partial charge in [-0.1, -0.05) is 55.7 Å². The van der Waals surface area contributed by atoms with Gasteiger partial charge in [0.05, 0.1) is 38.4 Å². The zero-order valence-electron chi connectivity index (χ0n) is 35.5. The van der Waals surface area contributed by atoms with Gasteiger partial charge in [0.15, 0.2) is 12.4 Å². The van der Waals surface area contributed by atoms with Crippen LogP contribution < -0.4 is 15.4 Å². The molecule has 1 saturated carbocycles. The van der Waals surface area contributed by atoms with Crippen molar-refractivity contribution in [1.29, 1.82) is 0 Å². The van der Waals surface area contributed by atoms with Gasteiger partial charge in [-0.2, -0.15) is 0 Å². The van der Waals surface area contributed by atoms with Crippen molar-refractivity contribution in [2.75, 3.05) is 77.6 Å². The minimum Gasteiger partial charge on any atom is -0.506 e. The highest BCUT2D eigenvalue weighted by Crippen LogP contribution is 2.39. The first-order valence-electron chi connectivity index (χ1n) is 22.3. The maximum Gasteiger partial charge on any atom is 0.274 e. The molecular formula is C47H61N7O7. The lowest BCUT2D eigenvalue weighted by molar-refractivity contribution is -0.135. The van der Waals surface area contributed by atoms with Crippen LogP contribution in [0.3, 0.4) is 0 Å². The van der Waals surface area contributed by atoms with E-state index in [2.05, 4.69) is 49.7 Å². The molecule has 0 radical (unpaired) electrons. The highest BCUT2D eigenvalue weighted by atomic mass is 16.5. The average Bonchev–Trinajstić information content (AvgIpc) is 3.70. The smallest absolute Gasteiger partial charge is 0.274 e. The number of hydrogen-bond donors (Lipinski definition) is 3. The topological polar surface area (TPSA) is 150 Å². The number of amides is 3. The fourth-order valence-corrected chi connectivity index (χ4v) is 9.41. The summed E-state index contributed by atoms with van der Waals surface area (Å²) in [6.45, 7) is 9.30. The van der Waals surface area contributed by atoms with Crippen LogP contribution >= 0.6 is 0 Å². The first-order chi connectivity index (χ1) is 29.7. The number of carbonyl (C=O) groups is 3. The molecule has 4 aliphatic rings. The summed E-state index contributed by atoms with van der Waals surface area (Å²) in [4.78, 5) is 49.9. The predicted molar refractivity (Wildman–Crippen MR) is 232 cm³/mol. The predicted octanol–water partition coefficient (Wildman–Crippen LogP) is 5.13. The number of fused-ring (bicyclic) bond motifs is 2. The van der Waals surface area contributed by atoms with Crippen molar-refractivity contribution in [3.63, 3.8) is 0 Å². The lowest BCUT2D eigenvalue weighted by Crippen LogP contribution is -2.58. The van der Waals surface area contributed by atoms with Gasteiger partial charge in [-0.05, 0) is 86.4 Å². The van der Waals surface area contributed by atoms with Crippen LogP contribution in [0.4, 0.5) is 5.69 Å². The molecule has 3 N–H and O–H groups in total. The van der Waals surface area contributed by atoms with E-state index in [1.54, 1.807) is 6.07 Å². The molecule has 1 spiro atoms. The first kappa shape index (κ1) is 42.7. The van der Waals surface area contributed by atoms with Gasteiger partial charge in [0, 0.05) is 57.7 Å². The van der Waals surface area contributed by atoms with E-state index in [9.17, 15) is 19.5 Å². The molecule has 2 aromatic heterocycles. The number of phenolic OH excluding ortho intramolecular Hbond substituents is 1. The van der Waals surface area contributed by atoms with E-state index in [0.717, 1.165) is 81.4 Å². The number of aromatic nitrogens is 2. The quantitative estimate of drug-likeness (QED) is 0.103. The number of aromatic hydroxyl groups is 1. The number of hydrogen-bond acceptors (Lipinski definition) is 10. The fourth-order valence-electron chi connectivity index (χ4n) is 9.41. The van der Waals surface area contributed by atoms with Crippen LogP contribution in [0.1, 0.15) is 84.1 Å². The molecule has 14 nitrogen and oxygen atoms in total. The van der Waals surface area contributed by atoms with Crippen molar-refractivity contribution >= 4 is 29.1 Å². The zero-order valence-corrected chi connectivity index (χ0v) is 35.5. The monoisotopic (exact) mass is 835 g/mol. The number of ether oxygens (including phenoxy) is 3. The first-order valence-corrected chi connectivity index (χ1v) is 22.3. The highest BCUT2D eigenvalue weighted by molar-refractivity contribution is 5.97. The molecule has 8 rings (SSSR count). The molecule has 2 aromatic carbocycles. The maximum absolute atomic E-state index is 13.6. The van der Waals surface area contributed by atoms with Crippen molar-refractivity contribution in [3.8, 4) is 11.5 Å². The summed E-state index contributed by atoms with van der Waals surface area (Å²) in [6, 6.07) is 16.4. The Hall–Kier alpha value is -5.02. The van der Waals surface area contributed by atoms with E-state index in [-0.39, 0.29) is 41.7 Å². The number of nitrogens with one attached hydrogen (secondary N) is 2. The van der Waals surface area contributed by atoms with Crippen LogP contribution in [0.15, 0.2) is 60.9 Å². The molecule has 1 aliphatic carbocycles. The van der Waals surface area contributed by atoms with Gasteiger partial charge in [0.2, 0.25) is 5.91 Å².